The Bertz CT molecular complexity index is 386. The second-order valence-electron chi connectivity index (χ2n) is 3.64. The summed E-state index contributed by atoms with van der Waals surface area (Å²) >= 11 is 3.19. The maximum atomic E-state index is 13.0. The second kappa shape index (κ2) is 5.21. The van der Waals surface area contributed by atoms with Crippen LogP contribution >= 0.6 is 15.9 Å². The van der Waals surface area contributed by atoms with Crippen molar-refractivity contribution in [2.45, 2.75) is 20.3 Å². The molecule has 0 saturated carbocycles. The van der Waals surface area contributed by atoms with Gasteiger partial charge in [0.25, 0.3) is 0 Å². The SMILES string of the molecule is CC(C)=CC(=O)Cc1cc(F)cc(Br)c1. The lowest BCUT2D eigenvalue weighted by molar-refractivity contribution is -0.114. The van der Waals surface area contributed by atoms with Gasteiger partial charge in [-0.3, -0.25) is 4.79 Å². The molecule has 0 N–H and O–H groups in total. The highest BCUT2D eigenvalue weighted by molar-refractivity contribution is 9.10. The van der Waals surface area contributed by atoms with Crippen molar-refractivity contribution in [1.29, 1.82) is 0 Å². The van der Waals surface area contributed by atoms with E-state index in [4.69, 9.17) is 0 Å². The summed E-state index contributed by atoms with van der Waals surface area (Å²) < 4.78 is 13.6. The maximum Gasteiger partial charge on any atom is 0.159 e. The highest BCUT2D eigenvalue weighted by Crippen LogP contribution is 2.15. The van der Waals surface area contributed by atoms with Gasteiger partial charge in [0.05, 0.1) is 0 Å². The molecule has 1 aromatic rings. The highest BCUT2D eigenvalue weighted by atomic mass is 79.9. The van der Waals surface area contributed by atoms with Crippen molar-refractivity contribution in [3.63, 3.8) is 0 Å². The predicted octanol–water partition coefficient (Wildman–Crippen LogP) is 3.67. The van der Waals surface area contributed by atoms with Gasteiger partial charge in [-0.15, -0.1) is 0 Å². The van der Waals surface area contributed by atoms with E-state index < -0.39 is 0 Å². The molecule has 0 aromatic heterocycles. The van der Waals surface area contributed by atoms with Crippen LogP contribution in [0, 0.1) is 5.82 Å². The van der Waals surface area contributed by atoms with Crippen LogP contribution in [0.1, 0.15) is 19.4 Å². The molecule has 0 amide bonds. The van der Waals surface area contributed by atoms with E-state index >= 15 is 0 Å². The fourth-order valence-corrected chi connectivity index (χ4v) is 1.80. The van der Waals surface area contributed by atoms with Gasteiger partial charge in [0.2, 0.25) is 0 Å². The first kappa shape index (κ1) is 12.1. The average molecular weight is 271 g/mol. The normalized spacial score (nSPS) is 9.87. The van der Waals surface area contributed by atoms with E-state index in [0.717, 1.165) is 5.57 Å². The van der Waals surface area contributed by atoms with Crippen LogP contribution in [0.5, 0.6) is 0 Å². The summed E-state index contributed by atoms with van der Waals surface area (Å²) in [6.07, 6.45) is 1.81. The van der Waals surface area contributed by atoms with Gasteiger partial charge in [-0.1, -0.05) is 21.5 Å². The summed E-state index contributed by atoms with van der Waals surface area (Å²) in [4.78, 5) is 11.4. The summed E-state index contributed by atoms with van der Waals surface area (Å²) in [6.45, 7) is 3.72. The number of rotatable bonds is 3. The van der Waals surface area contributed by atoms with Gasteiger partial charge in [-0.2, -0.15) is 0 Å². The minimum absolute atomic E-state index is 0.00694. The Balaban J connectivity index is 2.81. The number of allylic oxidation sites excluding steroid dienone is 2. The summed E-state index contributed by atoms with van der Waals surface area (Å²) in [6, 6.07) is 4.50. The Labute approximate surface area is 97.1 Å². The van der Waals surface area contributed by atoms with E-state index in [-0.39, 0.29) is 18.0 Å². The lowest BCUT2D eigenvalue weighted by Gasteiger charge is -2.00. The zero-order chi connectivity index (χ0) is 11.4. The minimum atomic E-state index is -0.329. The van der Waals surface area contributed by atoms with E-state index in [1.165, 1.54) is 12.1 Å². The Kier molecular flexibility index (Phi) is 4.21. The van der Waals surface area contributed by atoms with Crippen molar-refractivity contribution in [3.05, 3.63) is 45.7 Å². The summed E-state index contributed by atoms with van der Waals surface area (Å²) in [5.74, 6) is -0.336. The fourth-order valence-electron chi connectivity index (χ4n) is 1.29. The molecule has 1 nitrogen and oxygen atoms in total. The molecule has 0 radical (unpaired) electrons. The number of hydrogen-bond donors (Lipinski definition) is 0. The molecule has 0 aliphatic heterocycles. The zero-order valence-corrected chi connectivity index (χ0v) is 10.3. The van der Waals surface area contributed by atoms with Crippen LogP contribution < -0.4 is 0 Å². The van der Waals surface area contributed by atoms with E-state index in [0.29, 0.717) is 10.0 Å². The standard InChI is InChI=1S/C12H12BrFO/c1-8(2)3-12(15)6-9-4-10(13)7-11(14)5-9/h3-5,7H,6H2,1-2H3. The largest absolute Gasteiger partial charge is 0.294 e. The molecule has 80 valence electrons. The number of benzene rings is 1. The Morgan fingerprint density at radius 1 is 1.40 bits per heavy atom. The molecule has 0 unspecified atom stereocenters. The minimum Gasteiger partial charge on any atom is -0.294 e. The Hall–Kier alpha value is -0.960. The third kappa shape index (κ3) is 4.38. The zero-order valence-electron chi connectivity index (χ0n) is 8.68. The van der Waals surface area contributed by atoms with Gasteiger partial charge >= 0.3 is 0 Å². The quantitative estimate of drug-likeness (QED) is 0.767. The first-order valence-electron chi connectivity index (χ1n) is 4.60. The topological polar surface area (TPSA) is 17.1 Å². The molecule has 0 bridgehead atoms. The third-order valence-electron chi connectivity index (χ3n) is 1.75. The van der Waals surface area contributed by atoms with E-state index in [2.05, 4.69) is 15.9 Å². The van der Waals surface area contributed by atoms with Crippen LogP contribution in [0.4, 0.5) is 4.39 Å². The van der Waals surface area contributed by atoms with Gasteiger partial charge in [0.15, 0.2) is 5.78 Å². The molecule has 0 spiro atoms. The fraction of sp³-hybridized carbons (Fsp3) is 0.250. The van der Waals surface area contributed by atoms with Crippen LogP contribution in [0.15, 0.2) is 34.3 Å². The van der Waals surface area contributed by atoms with E-state index in [1.807, 2.05) is 13.8 Å². The van der Waals surface area contributed by atoms with Crippen LogP contribution in [0.2, 0.25) is 0 Å². The highest BCUT2D eigenvalue weighted by Gasteiger charge is 2.03. The summed E-state index contributed by atoms with van der Waals surface area (Å²) in [5, 5.41) is 0. The molecule has 0 fully saturated rings. The van der Waals surface area contributed by atoms with Crippen molar-refractivity contribution in [3.8, 4) is 0 Å². The molecular formula is C12H12BrFO. The average Bonchev–Trinajstić information content (AvgIpc) is 1.98. The lowest BCUT2D eigenvalue weighted by Crippen LogP contribution is -1.99. The number of carbonyl (C=O) groups is 1. The van der Waals surface area contributed by atoms with Crippen molar-refractivity contribution in [2.24, 2.45) is 0 Å². The van der Waals surface area contributed by atoms with Crippen molar-refractivity contribution in [1.82, 2.24) is 0 Å². The Morgan fingerprint density at radius 2 is 2.07 bits per heavy atom. The van der Waals surface area contributed by atoms with Gasteiger partial charge in [-0.05, 0) is 43.7 Å². The van der Waals surface area contributed by atoms with Crippen LogP contribution in [0.3, 0.4) is 0 Å². The number of hydrogen-bond acceptors (Lipinski definition) is 1. The van der Waals surface area contributed by atoms with Crippen LogP contribution in [-0.4, -0.2) is 5.78 Å². The molecule has 0 heterocycles. The van der Waals surface area contributed by atoms with E-state index in [1.54, 1.807) is 12.1 Å². The molecule has 3 heteroatoms. The summed E-state index contributed by atoms with van der Waals surface area (Å²) in [7, 11) is 0. The Morgan fingerprint density at radius 3 is 2.60 bits per heavy atom. The smallest absolute Gasteiger partial charge is 0.159 e. The molecule has 1 aromatic carbocycles. The van der Waals surface area contributed by atoms with Crippen molar-refractivity contribution >= 4 is 21.7 Å². The summed E-state index contributed by atoms with van der Waals surface area (Å²) in [5.41, 5.74) is 1.64. The molecule has 0 aliphatic rings. The lowest BCUT2D eigenvalue weighted by atomic mass is 10.1. The van der Waals surface area contributed by atoms with Gasteiger partial charge < -0.3 is 0 Å². The first-order valence-corrected chi connectivity index (χ1v) is 5.39. The molecule has 15 heavy (non-hydrogen) atoms. The van der Waals surface area contributed by atoms with Crippen LogP contribution in [-0.2, 0) is 11.2 Å². The van der Waals surface area contributed by atoms with Crippen molar-refractivity contribution in [2.75, 3.05) is 0 Å². The third-order valence-corrected chi connectivity index (χ3v) is 2.21. The van der Waals surface area contributed by atoms with Gasteiger partial charge in [0, 0.05) is 10.9 Å². The van der Waals surface area contributed by atoms with E-state index in [9.17, 15) is 9.18 Å². The number of carbonyl (C=O) groups excluding carboxylic acids is 1. The maximum absolute atomic E-state index is 13.0. The van der Waals surface area contributed by atoms with Crippen LogP contribution in [0.25, 0.3) is 0 Å². The monoisotopic (exact) mass is 270 g/mol. The van der Waals surface area contributed by atoms with Gasteiger partial charge in [0.1, 0.15) is 5.82 Å². The molecule has 0 aliphatic carbocycles. The van der Waals surface area contributed by atoms with Gasteiger partial charge in [-0.25, -0.2) is 4.39 Å². The molecule has 0 atom stereocenters. The molecule has 1 rings (SSSR count). The number of halogens is 2. The molecule has 0 saturated heterocycles. The number of ketones is 1. The van der Waals surface area contributed by atoms with Crippen molar-refractivity contribution < 1.29 is 9.18 Å². The predicted molar refractivity (Wildman–Crippen MR) is 62.2 cm³/mol. The molecular weight excluding hydrogens is 259 g/mol. The first-order chi connectivity index (χ1) is 6.97. The second-order valence-corrected chi connectivity index (χ2v) is 4.56.